The van der Waals surface area contributed by atoms with Crippen molar-refractivity contribution in [2.45, 2.75) is 43.5 Å². The predicted molar refractivity (Wildman–Crippen MR) is 83.5 cm³/mol. The molecule has 5 heteroatoms. The molecule has 1 fully saturated rings. The van der Waals surface area contributed by atoms with E-state index in [1.807, 2.05) is 6.07 Å². The maximum atomic E-state index is 12.7. The molecular weight excluding hydrogens is 284 g/mol. The van der Waals surface area contributed by atoms with E-state index in [2.05, 4.69) is 16.6 Å². The molecular formula is C16H20N2O2S. The maximum absolute atomic E-state index is 12.7. The lowest BCUT2D eigenvalue weighted by Crippen LogP contribution is -2.41. The molecule has 0 saturated heterocycles. The Morgan fingerprint density at radius 3 is 2.81 bits per heavy atom. The van der Waals surface area contributed by atoms with Crippen LogP contribution in [0.25, 0.3) is 10.8 Å². The van der Waals surface area contributed by atoms with Gasteiger partial charge in [-0.3, -0.25) is 4.98 Å². The molecule has 1 heterocycles. The van der Waals surface area contributed by atoms with Crippen molar-refractivity contribution in [1.29, 1.82) is 0 Å². The third-order valence-electron chi connectivity index (χ3n) is 4.35. The number of rotatable bonds is 3. The van der Waals surface area contributed by atoms with Gasteiger partial charge in [-0.05, 0) is 30.9 Å². The minimum atomic E-state index is -3.50. The van der Waals surface area contributed by atoms with Crippen LogP contribution in [0.4, 0.5) is 0 Å². The Labute approximate surface area is 125 Å². The Morgan fingerprint density at radius 2 is 2.00 bits per heavy atom. The molecule has 0 spiro atoms. The van der Waals surface area contributed by atoms with E-state index < -0.39 is 10.0 Å². The van der Waals surface area contributed by atoms with Gasteiger partial charge in [-0.1, -0.05) is 31.9 Å². The van der Waals surface area contributed by atoms with Crippen LogP contribution in [0.15, 0.2) is 41.6 Å². The summed E-state index contributed by atoms with van der Waals surface area (Å²) in [7, 11) is -3.50. The van der Waals surface area contributed by atoms with Crippen molar-refractivity contribution in [3.05, 3.63) is 36.7 Å². The third-order valence-corrected chi connectivity index (χ3v) is 5.90. The van der Waals surface area contributed by atoms with Gasteiger partial charge in [0.1, 0.15) is 0 Å². The normalized spacial score (nSPS) is 23.3. The number of nitrogens with one attached hydrogen (secondary N) is 1. The molecule has 2 atom stereocenters. The summed E-state index contributed by atoms with van der Waals surface area (Å²) in [5.41, 5.74) is 0. The number of hydrogen-bond acceptors (Lipinski definition) is 3. The minimum absolute atomic E-state index is 0.0424. The van der Waals surface area contributed by atoms with Crippen LogP contribution in [0, 0.1) is 5.92 Å². The molecule has 1 N–H and O–H groups in total. The van der Waals surface area contributed by atoms with E-state index in [1.165, 1.54) is 6.42 Å². The highest BCUT2D eigenvalue weighted by Crippen LogP contribution is 2.27. The van der Waals surface area contributed by atoms with Crippen LogP contribution in [-0.2, 0) is 10.0 Å². The molecule has 4 nitrogen and oxygen atoms in total. The Bertz CT molecular complexity index is 738. The second-order valence-electron chi connectivity index (χ2n) is 5.84. The highest BCUT2D eigenvalue weighted by atomic mass is 32.2. The number of fused-ring (bicyclic) bond motifs is 1. The summed E-state index contributed by atoms with van der Waals surface area (Å²) in [4.78, 5) is 4.40. The first-order valence-corrected chi connectivity index (χ1v) is 8.91. The van der Waals surface area contributed by atoms with E-state index in [1.54, 1.807) is 30.6 Å². The van der Waals surface area contributed by atoms with Gasteiger partial charge in [-0.15, -0.1) is 0 Å². The molecule has 21 heavy (non-hydrogen) atoms. The van der Waals surface area contributed by atoms with Crippen molar-refractivity contribution in [2.24, 2.45) is 5.92 Å². The molecule has 2 aromatic rings. The summed E-state index contributed by atoms with van der Waals surface area (Å²) in [6.07, 6.45) is 7.62. The van der Waals surface area contributed by atoms with E-state index >= 15 is 0 Å². The molecule has 1 aliphatic carbocycles. The summed E-state index contributed by atoms with van der Waals surface area (Å²) in [5.74, 6) is 0.394. The van der Waals surface area contributed by atoms with Crippen molar-refractivity contribution >= 4 is 20.8 Å². The fourth-order valence-corrected chi connectivity index (χ4v) is 4.69. The lowest BCUT2D eigenvalue weighted by Gasteiger charge is -2.29. The second-order valence-corrected chi connectivity index (χ2v) is 7.52. The van der Waals surface area contributed by atoms with Crippen LogP contribution in [0.3, 0.4) is 0 Å². The second kappa shape index (κ2) is 5.73. The molecule has 0 radical (unpaired) electrons. The first-order valence-electron chi connectivity index (χ1n) is 7.43. The van der Waals surface area contributed by atoms with Gasteiger partial charge in [0.15, 0.2) is 0 Å². The van der Waals surface area contributed by atoms with E-state index in [0.717, 1.165) is 30.0 Å². The minimum Gasteiger partial charge on any atom is -0.264 e. The van der Waals surface area contributed by atoms with Crippen molar-refractivity contribution < 1.29 is 8.42 Å². The lowest BCUT2D eigenvalue weighted by molar-refractivity contribution is 0.310. The lowest BCUT2D eigenvalue weighted by atomic mass is 9.87. The molecule has 3 rings (SSSR count). The Hall–Kier alpha value is -1.46. The maximum Gasteiger partial charge on any atom is 0.241 e. The Kier molecular flexibility index (Phi) is 3.95. The Morgan fingerprint density at radius 1 is 1.19 bits per heavy atom. The highest BCUT2D eigenvalue weighted by molar-refractivity contribution is 7.89. The summed E-state index contributed by atoms with van der Waals surface area (Å²) >= 11 is 0. The van der Waals surface area contributed by atoms with Gasteiger partial charge in [0.25, 0.3) is 0 Å². The van der Waals surface area contributed by atoms with Gasteiger partial charge in [0.05, 0.1) is 4.90 Å². The van der Waals surface area contributed by atoms with Gasteiger partial charge in [-0.2, -0.15) is 0 Å². The van der Waals surface area contributed by atoms with Gasteiger partial charge in [-0.25, -0.2) is 13.1 Å². The largest absolute Gasteiger partial charge is 0.264 e. The third kappa shape index (κ3) is 2.94. The molecule has 1 aromatic heterocycles. The van der Waals surface area contributed by atoms with E-state index in [4.69, 9.17) is 0 Å². The highest BCUT2D eigenvalue weighted by Gasteiger charge is 2.27. The number of nitrogens with zero attached hydrogens (tertiary/aromatic N) is 1. The topological polar surface area (TPSA) is 59.1 Å². The van der Waals surface area contributed by atoms with Crippen LogP contribution in [-0.4, -0.2) is 19.4 Å². The fraction of sp³-hybridized carbons (Fsp3) is 0.438. The van der Waals surface area contributed by atoms with Gasteiger partial charge in [0, 0.05) is 29.2 Å². The zero-order valence-electron chi connectivity index (χ0n) is 12.1. The Balaban J connectivity index is 1.97. The molecule has 1 saturated carbocycles. The van der Waals surface area contributed by atoms with Crippen molar-refractivity contribution in [3.8, 4) is 0 Å². The van der Waals surface area contributed by atoms with Crippen molar-refractivity contribution in [2.75, 3.05) is 0 Å². The molecule has 1 aliphatic rings. The molecule has 0 amide bonds. The smallest absolute Gasteiger partial charge is 0.241 e. The molecule has 1 aromatic carbocycles. The molecule has 2 unspecified atom stereocenters. The molecule has 0 bridgehead atoms. The number of hydrogen-bond donors (Lipinski definition) is 1. The number of aromatic nitrogens is 1. The first-order chi connectivity index (χ1) is 10.1. The predicted octanol–water partition coefficient (Wildman–Crippen LogP) is 3.09. The van der Waals surface area contributed by atoms with Crippen LogP contribution < -0.4 is 4.72 Å². The van der Waals surface area contributed by atoms with E-state index in [9.17, 15) is 8.42 Å². The van der Waals surface area contributed by atoms with Gasteiger partial charge in [0.2, 0.25) is 10.0 Å². The monoisotopic (exact) mass is 304 g/mol. The summed E-state index contributed by atoms with van der Waals surface area (Å²) < 4.78 is 28.4. The number of sulfonamides is 1. The van der Waals surface area contributed by atoms with Crippen molar-refractivity contribution in [1.82, 2.24) is 9.71 Å². The average Bonchev–Trinajstić information content (AvgIpc) is 2.49. The fourth-order valence-electron chi connectivity index (χ4n) is 3.08. The van der Waals surface area contributed by atoms with Crippen LogP contribution in [0.5, 0.6) is 0 Å². The van der Waals surface area contributed by atoms with E-state index in [0.29, 0.717) is 10.8 Å². The van der Waals surface area contributed by atoms with Crippen LogP contribution >= 0.6 is 0 Å². The van der Waals surface area contributed by atoms with Gasteiger partial charge >= 0.3 is 0 Å². The van der Waals surface area contributed by atoms with Crippen LogP contribution in [0.1, 0.15) is 32.6 Å². The number of pyridine rings is 1. The SMILES string of the molecule is CC1CCCCC1NS(=O)(=O)c1cccc2cnccc12. The quantitative estimate of drug-likeness (QED) is 0.948. The standard InChI is InChI=1S/C16H20N2O2S/c1-12-5-2-3-7-15(12)18-21(19,20)16-8-4-6-13-11-17-10-9-14(13)16/h4,6,8-12,15,18H,2-3,5,7H2,1H3. The van der Waals surface area contributed by atoms with Gasteiger partial charge < -0.3 is 0 Å². The molecule has 112 valence electrons. The zero-order chi connectivity index (χ0) is 14.9. The summed E-state index contributed by atoms with van der Waals surface area (Å²) in [6.45, 7) is 2.12. The summed E-state index contributed by atoms with van der Waals surface area (Å²) in [6, 6.07) is 7.11. The van der Waals surface area contributed by atoms with Crippen LogP contribution in [0.2, 0.25) is 0 Å². The number of benzene rings is 1. The van der Waals surface area contributed by atoms with E-state index in [-0.39, 0.29) is 6.04 Å². The molecule has 0 aliphatic heterocycles. The van der Waals surface area contributed by atoms with Crippen molar-refractivity contribution in [3.63, 3.8) is 0 Å². The average molecular weight is 304 g/mol. The zero-order valence-corrected chi connectivity index (χ0v) is 12.9. The first kappa shape index (κ1) is 14.5. The summed E-state index contributed by atoms with van der Waals surface area (Å²) in [5, 5.41) is 1.57.